The first-order valence-electron chi connectivity index (χ1n) is 4.19. The van der Waals surface area contributed by atoms with Gasteiger partial charge in [0.2, 0.25) is 0 Å². The van der Waals surface area contributed by atoms with E-state index in [1.54, 1.807) is 0 Å². The second kappa shape index (κ2) is 4.34. The summed E-state index contributed by atoms with van der Waals surface area (Å²) in [5.74, 6) is 0. The summed E-state index contributed by atoms with van der Waals surface area (Å²) in [6.07, 6.45) is 0. The number of rotatable bonds is 4. The van der Waals surface area contributed by atoms with Crippen molar-refractivity contribution in [2.24, 2.45) is 0 Å². The molecule has 7 heteroatoms. The Kier molecular flexibility index (Phi) is 4.72. The lowest BCUT2D eigenvalue weighted by molar-refractivity contribution is 0.433. The monoisotopic (exact) mass is 276 g/mol. The lowest BCUT2D eigenvalue weighted by Gasteiger charge is -2.31. The van der Waals surface area contributed by atoms with Crippen molar-refractivity contribution >= 4 is 46.0 Å². The summed E-state index contributed by atoms with van der Waals surface area (Å²) >= 11 is 12.1. The molecule has 0 aromatic heterocycles. The molecule has 80 valence electrons. The molecule has 0 bridgehead atoms. The van der Waals surface area contributed by atoms with Gasteiger partial charge in [0.25, 0.3) is 0 Å². The van der Waals surface area contributed by atoms with E-state index in [-0.39, 0.29) is 0 Å². The second-order valence-electron chi connectivity index (χ2n) is 4.89. The summed E-state index contributed by atoms with van der Waals surface area (Å²) in [5.41, 5.74) is 0. The van der Waals surface area contributed by atoms with Gasteiger partial charge in [-0.2, -0.15) is 0 Å². The predicted octanol–water partition coefficient (Wildman–Crippen LogP) is 3.60. The van der Waals surface area contributed by atoms with Gasteiger partial charge in [0.1, 0.15) is 0 Å². The van der Waals surface area contributed by atoms with Crippen LogP contribution in [0, 0.1) is 0 Å². The van der Waals surface area contributed by atoms with E-state index < -0.39 is 23.8 Å². The Labute approximate surface area is 93.4 Å². The number of hydrogen-bond donors (Lipinski definition) is 0. The number of hydrogen-bond acceptors (Lipinski definition) is 2. The summed E-state index contributed by atoms with van der Waals surface area (Å²) in [6, 6.07) is 0. The first kappa shape index (κ1) is 14.2. The van der Waals surface area contributed by atoms with Gasteiger partial charge in [0.05, 0.1) is 0 Å². The molecule has 0 aromatic carbocycles. The highest BCUT2D eigenvalue weighted by molar-refractivity contribution is 7.41. The van der Waals surface area contributed by atoms with Crippen LogP contribution in [0.4, 0.5) is 0 Å². The smallest absolute Gasteiger partial charge is 0.414 e. The normalized spacial score (nSPS) is 14.8. The SMILES string of the molecule is C[Si](C)(C)O[Si](Cl)(Cl)O[Si](C)(C)C. The zero-order chi connectivity index (χ0) is 10.9. The van der Waals surface area contributed by atoms with E-state index in [1.807, 2.05) is 39.3 Å². The maximum atomic E-state index is 6.03. The molecule has 13 heavy (non-hydrogen) atoms. The standard InChI is InChI=1S/C6H18Cl2O2Si3/c1-11(2,3)9-13(7,8)10-12(4,5)6/h1-6H3. The molecule has 0 fully saturated rings. The molecule has 0 aliphatic carbocycles. The highest BCUT2D eigenvalue weighted by atomic mass is 35.7. The molecule has 0 radical (unpaired) electrons. The van der Waals surface area contributed by atoms with E-state index in [4.69, 9.17) is 30.4 Å². The maximum absolute atomic E-state index is 6.03. The molecule has 0 aromatic rings. The Morgan fingerprint density at radius 2 is 0.923 bits per heavy atom. The summed E-state index contributed by atoms with van der Waals surface area (Å²) < 4.78 is 11.2. The maximum Gasteiger partial charge on any atom is 0.530 e. The van der Waals surface area contributed by atoms with E-state index in [2.05, 4.69) is 0 Å². The Bertz CT molecular complexity index is 156. The number of halogens is 2. The molecule has 0 saturated carbocycles. The van der Waals surface area contributed by atoms with Gasteiger partial charge >= 0.3 is 7.18 Å². The van der Waals surface area contributed by atoms with Gasteiger partial charge in [0, 0.05) is 0 Å². The zero-order valence-corrected chi connectivity index (χ0v) is 13.6. The van der Waals surface area contributed by atoms with Crippen LogP contribution in [0.1, 0.15) is 0 Å². The van der Waals surface area contributed by atoms with Crippen LogP contribution in [0.15, 0.2) is 0 Å². The molecular weight excluding hydrogens is 259 g/mol. The Hall–Kier alpha value is 1.15. The minimum atomic E-state index is -2.91. The van der Waals surface area contributed by atoms with Crippen molar-refractivity contribution in [1.82, 2.24) is 0 Å². The van der Waals surface area contributed by atoms with Crippen molar-refractivity contribution in [3.63, 3.8) is 0 Å². The van der Waals surface area contributed by atoms with Crippen LogP contribution in [-0.4, -0.2) is 23.8 Å². The largest absolute Gasteiger partial charge is 0.530 e. The van der Waals surface area contributed by atoms with Gasteiger partial charge < -0.3 is 8.23 Å². The van der Waals surface area contributed by atoms with Crippen molar-refractivity contribution in [2.75, 3.05) is 0 Å². The van der Waals surface area contributed by atoms with Gasteiger partial charge in [-0.15, -0.1) is 0 Å². The molecule has 0 atom stereocenters. The Morgan fingerprint density at radius 3 is 1.08 bits per heavy atom. The third-order valence-electron chi connectivity index (χ3n) is 0.850. The van der Waals surface area contributed by atoms with E-state index in [1.165, 1.54) is 0 Å². The topological polar surface area (TPSA) is 18.5 Å². The highest BCUT2D eigenvalue weighted by Crippen LogP contribution is 2.26. The predicted molar refractivity (Wildman–Crippen MR) is 66.3 cm³/mol. The fourth-order valence-electron chi connectivity index (χ4n) is 0.734. The third kappa shape index (κ3) is 9.45. The average Bonchev–Trinajstić information content (AvgIpc) is 1.43. The van der Waals surface area contributed by atoms with Crippen molar-refractivity contribution in [2.45, 2.75) is 39.3 Å². The second-order valence-corrected chi connectivity index (χ2v) is 19.5. The van der Waals surface area contributed by atoms with Crippen LogP contribution < -0.4 is 0 Å². The molecule has 0 rings (SSSR count). The van der Waals surface area contributed by atoms with E-state index in [0.717, 1.165) is 0 Å². The molecule has 0 amide bonds. The summed E-state index contributed by atoms with van der Waals surface area (Å²) in [4.78, 5) is 0. The molecule has 0 unspecified atom stereocenters. The fourth-order valence-corrected chi connectivity index (χ4v) is 15.3. The third-order valence-corrected chi connectivity index (χ3v) is 10.4. The van der Waals surface area contributed by atoms with E-state index >= 15 is 0 Å². The minimum Gasteiger partial charge on any atom is -0.414 e. The lowest BCUT2D eigenvalue weighted by Crippen LogP contribution is -2.47. The summed E-state index contributed by atoms with van der Waals surface area (Å²) in [7, 11) is -6.30. The van der Waals surface area contributed by atoms with Crippen molar-refractivity contribution in [3.05, 3.63) is 0 Å². The van der Waals surface area contributed by atoms with Crippen LogP contribution in [0.3, 0.4) is 0 Å². The first-order chi connectivity index (χ1) is 5.41. The molecular formula is C6H18Cl2O2Si3. The Balaban J connectivity index is 4.25. The quantitative estimate of drug-likeness (QED) is 0.577. The van der Waals surface area contributed by atoms with E-state index in [9.17, 15) is 0 Å². The molecule has 0 aliphatic heterocycles. The van der Waals surface area contributed by atoms with Crippen LogP contribution in [0.2, 0.25) is 39.3 Å². The summed E-state index contributed by atoms with van der Waals surface area (Å²) in [6.45, 7) is 12.3. The van der Waals surface area contributed by atoms with Gasteiger partial charge in [-0.25, -0.2) is 0 Å². The fraction of sp³-hybridized carbons (Fsp3) is 1.00. The lowest BCUT2D eigenvalue weighted by atomic mass is 11.8. The van der Waals surface area contributed by atoms with Crippen molar-refractivity contribution in [1.29, 1.82) is 0 Å². The van der Waals surface area contributed by atoms with Crippen LogP contribution in [-0.2, 0) is 8.23 Å². The van der Waals surface area contributed by atoms with Crippen LogP contribution in [0.25, 0.3) is 0 Å². The summed E-state index contributed by atoms with van der Waals surface area (Å²) in [5, 5.41) is 0. The molecule has 0 N–H and O–H groups in total. The van der Waals surface area contributed by atoms with Crippen LogP contribution >= 0.6 is 22.2 Å². The molecule has 0 spiro atoms. The molecule has 0 saturated heterocycles. The molecule has 0 aliphatic rings. The average molecular weight is 277 g/mol. The Morgan fingerprint density at radius 1 is 0.692 bits per heavy atom. The van der Waals surface area contributed by atoms with Crippen molar-refractivity contribution in [3.8, 4) is 0 Å². The van der Waals surface area contributed by atoms with Gasteiger partial charge in [-0.05, 0) is 39.3 Å². The first-order valence-corrected chi connectivity index (χ1v) is 14.9. The van der Waals surface area contributed by atoms with Gasteiger partial charge in [0.15, 0.2) is 16.6 Å². The molecule has 2 nitrogen and oxygen atoms in total. The van der Waals surface area contributed by atoms with Gasteiger partial charge in [-0.1, -0.05) is 22.2 Å². The van der Waals surface area contributed by atoms with Crippen molar-refractivity contribution < 1.29 is 8.23 Å². The molecule has 0 heterocycles. The zero-order valence-electron chi connectivity index (χ0n) is 9.07. The van der Waals surface area contributed by atoms with Gasteiger partial charge in [-0.3, -0.25) is 0 Å². The van der Waals surface area contributed by atoms with Crippen LogP contribution in [0.5, 0.6) is 0 Å². The minimum absolute atomic E-state index is 1.70. The highest BCUT2D eigenvalue weighted by Gasteiger charge is 2.42. The van der Waals surface area contributed by atoms with E-state index in [0.29, 0.717) is 0 Å².